The second-order valence-corrected chi connectivity index (χ2v) is 12.1. The first-order valence-electron chi connectivity index (χ1n) is 15.0. The van der Waals surface area contributed by atoms with Gasteiger partial charge in [-0.25, -0.2) is 0 Å². The van der Waals surface area contributed by atoms with E-state index in [1.807, 2.05) is 109 Å². The first kappa shape index (κ1) is 32.0. The van der Waals surface area contributed by atoms with Crippen LogP contribution in [0.25, 0.3) is 6.08 Å². The third-order valence-corrected chi connectivity index (χ3v) is 8.42. The van der Waals surface area contributed by atoms with E-state index in [0.29, 0.717) is 22.9 Å². The van der Waals surface area contributed by atoms with E-state index < -0.39 is 11.2 Å². The summed E-state index contributed by atoms with van der Waals surface area (Å²) >= 11 is 1.39. The summed E-state index contributed by atoms with van der Waals surface area (Å²) in [5, 5.41) is 8.20. The van der Waals surface area contributed by atoms with E-state index in [2.05, 4.69) is 29.8 Å². The maximum Gasteiger partial charge on any atom is 0.272 e. The Kier molecular flexibility index (Phi) is 10.8. The molecule has 5 aromatic rings. The van der Waals surface area contributed by atoms with Gasteiger partial charge in [-0.1, -0.05) is 111 Å². The van der Waals surface area contributed by atoms with Gasteiger partial charge < -0.3 is 16.0 Å². The minimum absolute atomic E-state index is 0.105. The van der Waals surface area contributed by atoms with Gasteiger partial charge in [-0.15, -0.1) is 11.8 Å². The zero-order valence-electron chi connectivity index (χ0n) is 25.6. The molecular weight excluding hydrogens is 591 g/mol. The van der Waals surface area contributed by atoms with Crippen LogP contribution in [-0.4, -0.2) is 17.7 Å². The SMILES string of the molecule is CC(C)c1ccc(/C=C(/NC(=O)c2ccccc2)C(=O)Nc2cccc(SC(C(=O)Nc3ccccc3)c3ccccc3)c2)cc1. The number of para-hydroxylation sites is 1. The van der Waals surface area contributed by atoms with E-state index in [0.717, 1.165) is 16.0 Å². The number of benzene rings is 5. The molecule has 230 valence electrons. The highest BCUT2D eigenvalue weighted by atomic mass is 32.2. The van der Waals surface area contributed by atoms with Crippen LogP contribution >= 0.6 is 11.8 Å². The molecule has 5 rings (SSSR count). The molecule has 0 fully saturated rings. The molecule has 1 unspecified atom stereocenters. The van der Waals surface area contributed by atoms with Gasteiger partial charge in [-0.2, -0.15) is 0 Å². The van der Waals surface area contributed by atoms with E-state index in [1.54, 1.807) is 36.4 Å². The zero-order valence-corrected chi connectivity index (χ0v) is 26.5. The number of hydrogen-bond donors (Lipinski definition) is 3. The van der Waals surface area contributed by atoms with Gasteiger partial charge in [0.25, 0.3) is 11.8 Å². The molecule has 0 aliphatic heterocycles. The number of carbonyl (C=O) groups excluding carboxylic acids is 3. The number of amides is 3. The summed E-state index contributed by atoms with van der Waals surface area (Å²) < 4.78 is 0. The van der Waals surface area contributed by atoms with E-state index in [4.69, 9.17) is 0 Å². The van der Waals surface area contributed by atoms with E-state index in [-0.39, 0.29) is 17.5 Å². The number of nitrogens with one attached hydrogen (secondary N) is 3. The van der Waals surface area contributed by atoms with Crippen molar-refractivity contribution in [2.24, 2.45) is 0 Å². The van der Waals surface area contributed by atoms with Gasteiger partial charge in [0.1, 0.15) is 10.9 Å². The second-order valence-electron chi connectivity index (χ2n) is 10.9. The lowest BCUT2D eigenvalue weighted by Crippen LogP contribution is -2.30. The highest BCUT2D eigenvalue weighted by Crippen LogP contribution is 2.37. The fourth-order valence-corrected chi connectivity index (χ4v) is 5.78. The van der Waals surface area contributed by atoms with Crippen LogP contribution in [-0.2, 0) is 9.59 Å². The van der Waals surface area contributed by atoms with Gasteiger partial charge in [0.2, 0.25) is 5.91 Å². The summed E-state index contributed by atoms with van der Waals surface area (Å²) in [4.78, 5) is 41.0. The smallest absolute Gasteiger partial charge is 0.272 e. The number of anilines is 2. The molecule has 3 amide bonds. The molecule has 0 saturated heterocycles. The summed E-state index contributed by atoms with van der Waals surface area (Å²) in [7, 11) is 0. The van der Waals surface area contributed by atoms with Crippen molar-refractivity contribution >= 4 is 46.9 Å². The molecule has 0 aromatic heterocycles. The zero-order chi connectivity index (χ0) is 32.3. The average molecular weight is 626 g/mol. The van der Waals surface area contributed by atoms with E-state index in [9.17, 15) is 14.4 Å². The lowest BCUT2D eigenvalue weighted by molar-refractivity contribution is -0.116. The van der Waals surface area contributed by atoms with Gasteiger partial charge in [-0.3, -0.25) is 14.4 Å². The molecule has 0 aliphatic rings. The molecule has 3 N–H and O–H groups in total. The van der Waals surface area contributed by atoms with Crippen molar-refractivity contribution < 1.29 is 14.4 Å². The maximum absolute atomic E-state index is 13.7. The molecule has 0 saturated carbocycles. The van der Waals surface area contributed by atoms with Crippen molar-refractivity contribution in [2.75, 3.05) is 10.6 Å². The van der Waals surface area contributed by atoms with Gasteiger partial charge in [0.15, 0.2) is 0 Å². The average Bonchev–Trinajstić information content (AvgIpc) is 3.08. The highest BCUT2D eigenvalue weighted by molar-refractivity contribution is 8.00. The first-order valence-corrected chi connectivity index (χ1v) is 15.9. The van der Waals surface area contributed by atoms with Gasteiger partial charge in [-0.05, 0) is 71.1 Å². The lowest BCUT2D eigenvalue weighted by atomic mass is 10.0. The largest absolute Gasteiger partial charge is 0.325 e. The van der Waals surface area contributed by atoms with Crippen molar-refractivity contribution in [1.29, 1.82) is 0 Å². The fraction of sp³-hybridized carbons (Fsp3) is 0.103. The van der Waals surface area contributed by atoms with E-state index >= 15 is 0 Å². The maximum atomic E-state index is 13.7. The monoisotopic (exact) mass is 625 g/mol. The minimum Gasteiger partial charge on any atom is -0.325 e. The summed E-state index contributed by atoms with van der Waals surface area (Å²) in [5.74, 6) is -0.648. The van der Waals surface area contributed by atoms with Crippen LogP contribution in [0.5, 0.6) is 0 Å². The number of carbonyl (C=O) groups is 3. The molecule has 0 heterocycles. The quantitative estimate of drug-likeness (QED) is 0.101. The Morgan fingerprint density at radius 2 is 1.24 bits per heavy atom. The number of thioether (sulfide) groups is 1. The van der Waals surface area contributed by atoms with Crippen molar-refractivity contribution in [1.82, 2.24) is 5.32 Å². The van der Waals surface area contributed by atoms with Crippen molar-refractivity contribution in [3.05, 3.63) is 167 Å². The Hall–Kier alpha value is -5.40. The van der Waals surface area contributed by atoms with Crippen LogP contribution in [0.3, 0.4) is 0 Å². The minimum atomic E-state index is -0.540. The van der Waals surface area contributed by atoms with Crippen molar-refractivity contribution in [3.63, 3.8) is 0 Å². The molecule has 7 heteroatoms. The summed E-state index contributed by atoms with van der Waals surface area (Å²) in [6.07, 6.45) is 1.66. The Morgan fingerprint density at radius 1 is 0.630 bits per heavy atom. The van der Waals surface area contributed by atoms with Gasteiger partial charge in [0.05, 0.1) is 0 Å². The summed E-state index contributed by atoms with van der Waals surface area (Å²) in [6, 6.07) is 42.9. The lowest BCUT2D eigenvalue weighted by Gasteiger charge is -2.18. The molecule has 1 atom stereocenters. The molecule has 0 spiro atoms. The first-order chi connectivity index (χ1) is 22.4. The molecule has 6 nitrogen and oxygen atoms in total. The molecule has 46 heavy (non-hydrogen) atoms. The third kappa shape index (κ3) is 8.83. The Labute approximate surface area is 274 Å². The van der Waals surface area contributed by atoms with E-state index in [1.165, 1.54) is 17.3 Å². The Morgan fingerprint density at radius 3 is 1.89 bits per heavy atom. The highest BCUT2D eigenvalue weighted by Gasteiger charge is 2.23. The van der Waals surface area contributed by atoms with Crippen LogP contribution in [0.2, 0.25) is 0 Å². The van der Waals surface area contributed by atoms with Crippen LogP contribution in [0, 0.1) is 0 Å². The normalized spacial score (nSPS) is 11.8. The van der Waals surface area contributed by atoms with Gasteiger partial charge in [0, 0.05) is 21.8 Å². The molecule has 0 bridgehead atoms. The summed E-state index contributed by atoms with van der Waals surface area (Å²) in [6.45, 7) is 4.24. The standard InChI is InChI=1S/C39H35N3O3S/c1-27(2)29-23-21-28(22-24-29)25-35(42-37(43)31-15-8-4-9-16-31)38(44)41-33-19-12-20-34(26-33)46-36(30-13-6-3-7-14-30)39(45)40-32-17-10-5-11-18-32/h3-27,36H,1-2H3,(H,40,45)(H,41,44)(H,42,43)/b35-25+. The van der Waals surface area contributed by atoms with Crippen molar-refractivity contribution in [2.45, 2.75) is 29.9 Å². The fourth-order valence-electron chi connectivity index (χ4n) is 4.70. The third-order valence-electron chi connectivity index (χ3n) is 7.17. The predicted octanol–water partition coefficient (Wildman–Crippen LogP) is 8.69. The van der Waals surface area contributed by atoms with Gasteiger partial charge >= 0.3 is 0 Å². The number of rotatable bonds is 11. The van der Waals surface area contributed by atoms with Crippen LogP contribution in [0.15, 0.2) is 150 Å². The van der Waals surface area contributed by atoms with Crippen LogP contribution in [0.1, 0.15) is 52.1 Å². The molecule has 0 radical (unpaired) electrons. The predicted molar refractivity (Wildman–Crippen MR) is 188 cm³/mol. The van der Waals surface area contributed by atoms with Crippen LogP contribution < -0.4 is 16.0 Å². The Balaban J connectivity index is 1.38. The van der Waals surface area contributed by atoms with Crippen LogP contribution in [0.4, 0.5) is 11.4 Å². The second kappa shape index (κ2) is 15.5. The summed E-state index contributed by atoms with van der Waals surface area (Å²) in [5.41, 5.74) is 4.60. The Bertz CT molecular complexity index is 1810. The molecule has 5 aromatic carbocycles. The molecular formula is C39H35N3O3S. The van der Waals surface area contributed by atoms with Crippen molar-refractivity contribution in [3.8, 4) is 0 Å². The number of hydrogen-bond acceptors (Lipinski definition) is 4. The molecule has 0 aliphatic carbocycles. The topological polar surface area (TPSA) is 87.3 Å².